The largest absolute Gasteiger partial charge is 0.396 e. The minimum absolute atomic E-state index is 0.00222. The first-order chi connectivity index (χ1) is 15.9. The van der Waals surface area contributed by atoms with E-state index in [0.29, 0.717) is 24.3 Å². The van der Waals surface area contributed by atoms with E-state index < -0.39 is 10.8 Å². The average molecular weight is 452 g/mol. The van der Waals surface area contributed by atoms with Crippen molar-refractivity contribution in [2.75, 3.05) is 17.2 Å². The number of anilines is 2. The second kappa shape index (κ2) is 8.30. The van der Waals surface area contributed by atoms with Gasteiger partial charge in [0.1, 0.15) is 5.69 Å². The molecule has 5 N–H and O–H groups in total. The molecule has 0 radical (unpaired) electrons. The molecule has 2 aromatic rings. The summed E-state index contributed by atoms with van der Waals surface area (Å²) in [6, 6.07) is 9.53. The lowest BCUT2D eigenvalue weighted by molar-refractivity contribution is -0.383. The van der Waals surface area contributed by atoms with Crippen LogP contribution in [0, 0.1) is 33.3 Å². The number of primary amides is 1. The SMILES string of the molecule is NC(=O)c1cnc(NCc2ccccc2)c([N+](=O)[O-])c1NC1C2CC3CC1CC(CO)(C3)C2. The summed E-state index contributed by atoms with van der Waals surface area (Å²) in [5.41, 5.74) is 6.45. The number of carbonyl (C=O) groups is 1. The van der Waals surface area contributed by atoms with Gasteiger partial charge in [0.15, 0.2) is 0 Å². The van der Waals surface area contributed by atoms with E-state index in [1.165, 1.54) is 6.20 Å². The molecule has 4 aliphatic rings. The topological polar surface area (TPSA) is 143 Å². The highest BCUT2D eigenvalue weighted by Crippen LogP contribution is 2.60. The minimum Gasteiger partial charge on any atom is -0.396 e. The number of nitrogens with two attached hydrogens (primary N) is 1. The third-order valence-corrected chi connectivity index (χ3v) is 7.85. The fourth-order valence-electron chi connectivity index (χ4n) is 6.71. The fraction of sp³-hybridized carbons (Fsp3) is 0.500. The molecule has 0 spiro atoms. The van der Waals surface area contributed by atoms with E-state index in [1.54, 1.807) is 0 Å². The van der Waals surface area contributed by atoms with Gasteiger partial charge in [0, 0.05) is 25.4 Å². The maximum Gasteiger partial charge on any atom is 0.335 e. The highest BCUT2D eigenvalue weighted by Gasteiger charge is 2.55. The summed E-state index contributed by atoms with van der Waals surface area (Å²) in [7, 11) is 0. The zero-order valence-corrected chi connectivity index (χ0v) is 18.4. The Morgan fingerprint density at radius 2 is 1.91 bits per heavy atom. The maximum atomic E-state index is 12.2. The normalized spacial score (nSPS) is 29.6. The molecule has 4 saturated carbocycles. The van der Waals surface area contributed by atoms with Crippen LogP contribution in [-0.2, 0) is 6.54 Å². The summed E-state index contributed by atoms with van der Waals surface area (Å²) in [4.78, 5) is 28.1. The second-order valence-electron chi connectivity index (χ2n) is 10.0. The lowest BCUT2D eigenvalue weighted by atomic mass is 9.48. The van der Waals surface area contributed by atoms with Crippen molar-refractivity contribution in [3.05, 3.63) is 57.8 Å². The van der Waals surface area contributed by atoms with Crippen molar-refractivity contribution in [1.29, 1.82) is 0 Å². The van der Waals surface area contributed by atoms with Crippen molar-refractivity contribution in [3.63, 3.8) is 0 Å². The molecule has 2 atom stereocenters. The first-order valence-corrected chi connectivity index (χ1v) is 11.5. The van der Waals surface area contributed by atoms with E-state index in [9.17, 15) is 20.0 Å². The third-order valence-electron chi connectivity index (χ3n) is 7.85. The lowest BCUT2D eigenvalue weighted by Crippen LogP contribution is -2.57. The molecule has 33 heavy (non-hydrogen) atoms. The summed E-state index contributed by atoms with van der Waals surface area (Å²) in [6.45, 7) is 0.554. The Balaban J connectivity index is 1.48. The molecule has 2 unspecified atom stereocenters. The molecule has 0 aliphatic heterocycles. The first kappa shape index (κ1) is 21.6. The molecule has 1 amide bonds. The molecular formula is C24H29N5O4. The number of pyridine rings is 1. The van der Waals surface area contributed by atoms with Gasteiger partial charge in [-0.1, -0.05) is 30.3 Å². The molecule has 4 bridgehead atoms. The van der Waals surface area contributed by atoms with Gasteiger partial charge in [0.05, 0.1) is 10.5 Å². The van der Waals surface area contributed by atoms with Crippen molar-refractivity contribution < 1.29 is 14.8 Å². The van der Waals surface area contributed by atoms with Gasteiger partial charge in [-0.2, -0.15) is 0 Å². The minimum atomic E-state index is -0.752. The average Bonchev–Trinajstić information content (AvgIpc) is 2.79. The number of carbonyl (C=O) groups excluding carboxylic acids is 1. The number of hydrogen-bond acceptors (Lipinski definition) is 7. The Morgan fingerprint density at radius 3 is 2.52 bits per heavy atom. The van der Waals surface area contributed by atoms with E-state index >= 15 is 0 Å². The van der Waals surface area contributed by atoms with Crippen LogP contribution in [0.5, 0.6) is 0 Å². The molecule has 1 heterocycles. The van der Waals surface area contributed by atoms with Crippen LogP contribution in [-0.4, -0.2) is 33.6 Å². The number of aromatic nitrogens is 1. The number of benzene rings is 1. The van der Waals surface area contributed by atoms with Crippen molar-refractivity contribution in [3.8, 4) is 0 Å². The summed E-state index contributed by atoms with van der Waals surface area (Å²) in [5.74, 6) is 0.555. The molecule has 174 valence electrons. The van der Waals surface area contributed by atoms with E-state index in [1.807, 2.05) is 30.3 Å². The molecule has 4 fully saturated rings. The summed E-state index contributed by atoms with van der Waals surface area (Å²) in [6.07, 6.45) is 6.27. The standard InChI is InChI=1S/C24H29N5O4/c25-22(31)18-12-27-23(26-11-14-4-2-1-3-5-14)21(29(32)33)20(18)28-19-16-6-15-7-17(19)10-24(8-15,9-16)13-30/h1-5,12,15-17,19,30H,6-11,13H2,(H2,25,31)(H2,26,27,28). The monoisotopic (exact) mass is 451 g/mol. The number of aliphatic hydroxyl groups is 1. The van der Waals surface area contributed by atoms with Crippen molar-refractivity contribution >= 4 is 23.1 Å². The molecule has 9 nitrogen and oxygen atoms in total. The van der Waals surface area contributed by atoms with Crippen LogP contribution in [0.15, 0.2) is 36.5 Å². The van der Waals surface area contributed by atoms with Gasteiger partial charge in [-0.3, -0.25) is 14.9 Å². The number of hydrogen-bond donors (Lipinski definition) is 4. The highest BCUT2D eigenvalue weighted by molar-refractivity contribution is 6.01. The lowest BCUT2D eigenvalue weighted by Gasteiger charge is -2.59. The van der Waals surface area contributed by atoms with Crippen LogP contribution >= 0.6 is 0 Å². The number of aliphatic hydroxyl groups excluding tert-OH is 1. The molecule has 0 saturated heterocycles. The number of nitrogens with zero attached hydrogens (tertiary/aromatic N) is 2. The molecule has 1 aromatic carbocycles. The fourth-order valence-corrected chi connectivity index (χ4v) is 6.71. The number of amides is 1. The van der Waals surface area contributed by atoms with Crippen LogP contribution in [0.25, 0.3) is 0 Å². The zero-order chi connectivity index (χ0) is 23.2. The molecule has 4 aliphatic carbocycles. The maximum absolute atomic E-state index is 12.2. The predicted octanol–water partition coefficient (Wildman–Crippen LogP) is 3.30. The Morgan fingerprint density at radius 1 is 1.21 bits per heavy atom. The van der Waals surface area contributed by atoms with Gasteiger partial charge in [-0.05, 0) is 60.8 Å². The molecular weight excluding hydrogens is 422 g/mol. The molecule has 6 rings (SSSR count). The van der Waals surface area contributed by atoms with Crippen LogP contribution < -0.4 is 16.4 Å². The van der Waals surface area contributed by atoms with Crippen molar-refractivity contribution in [2.24, 2.45) is 28.9 Å². The summed E-state index contributed by atoms with van der Waals surface area (Å²) in [5, 5.41) is 28.7. The van der Waals surface area contributed by atoms with Gasteiger partial charge >= 0.3 is 5.69 Å². The van der Waals surface area contributed by atoms with Crippen molar-refractivity contribution in [1.82, 2.24) is 4.98 Å². The molecule has 1 aromatic heterocycles. The van der Waals surface area contributed by atoms with Crippen LogP contribution in [0.1, 0.15) is 48.0 Å². The van der Waals surface area contributed by atoms with E-state index in [2.05, 4.69) is 15.6 Å². The van der Waals surface area contributed by atoms with Gasteiger partial charge in [0.25, 0.3) is 5.91 Å². The Kier molecular flexibility index (Phi) is 5.44. The Hall–Kier alpha value is -3.20. The number of nitrogens with one attached hydrogen (secondary N) is 2. The van der Waals surface area contributed by atoms with Crippen LogP contribution in [0.2, 0.25) is 0 Å². The quantitative estimate of drug-likeness (QED) is 0.356. The first-order valence-electron chi connectivity index (χ1n) is 11.5. The van der Waals surface area contributed by atoms with Crippen LogP contribution in [0.3, 0.4) is 0 Å². The van der Waals surface area contributed by atoms with Gasteiger partial charge in [0.2, 0.25) is 5.82 Å². The molecule has 9 heteroatoms. The van der Waals surface area contributed by atoms with Crippen molar-refractivity contribution in [2.45, 2.75) is 44.7 Å². The number of rotatable bonds is 8. The third kappa shape index (κ3) is 3.90. The summed E-state index contributed by atoms with van der Waals surface area (Å²) < 4.78 is 0. The Bertz CT molecular complexity index is 1060. The van der Waals surface area contributed by atoms with Gasteiger partial charge < -0.3 is 21.5 Å². The second-order valence-corrected chi connectivity index (χ2v) is 10.0. The van der Waals surface area contributed by atoms with E-state index in [4.69, 9.17) is 5.73 Å². The van der Waals surface area contributed by atoms with E-state index in [0.717, 1.165) is 37.7 Å². The van der Waals surface area contributed by atoms with Gasteiger partial charge in [-0.15, -0.1) is 0 Å². The number of nitro groups is 1. The highest BCUT2D eigenvalue weighted by atomic mass is 16.6. The predicted molar refractivity (Wildman–Crippen MR) is 124 cm³/mol. The summed E-state index contributed by atoms with van der Waals surface area (Å²) >= 11 is 0. The van der Waals surface area contributed by atoms with Crippen LogP contribution in [0.4, 0.5) is 17.2 Å². The van der Waals surface area contributed by atoms with E-state index in [-0.39, 0.29) is 40.8 Å². The zero-order valence-electron chi connectivity index (χ0n) is 18.4. The van der Waals surface area contributed by atoms with Gasteiger partial charge in [-0.25, -0.2) is 4.98 Å². The Labute approximate surface area is 191 Å². The smallest absolute Gasteiger partial charge is 0.335 e.